The number of esters is 1. The van der Waals surface area contributed by atoms with Gasteiger partial charge >= 0.3 is 5.97 Å². The van der Waals surface area contributed by atoms with E-state index in [1.165, 1.54) is 7.11 Å². The first-order chi connectivity index (χ1) is 5.61. The van der Waals surface area contributed by atoms with Crippen molar-refractivity contribution in [3.8, 4) is 6.07 Å². The Bertz CT molecular complexity index is 269. The molecule has 3 heteroatoms. The molecule has 0 saturated heterocycles. The van der Waals surface area contributed by atoms with Crippen molar-refractivity contribution in [3.05, 3.63) is 11.6 Å². The van der Waals surface area contributed by atoms with Gasteiger partial charge in [-0.25, -0.2) is 4.79 Å². The summed E-state index contributed by atoms with van der Waals surface area (Å²) in [4.78, 5) is 10.9. The molecule has 0 spiro atoms. The van der Waals surface area contributed by atoms with Crippen LogP contribution in [0.5, 0.6) is 0 Å². The highest BCUT2D eigenvalue weighted by Crippen LogP contribution is 2.46. The third-order valence-electron chi connectivity index (χ3n) is 2.06. The van der Waals surface area contributed by atoms with Crippen molar-refractivity contribution in [3.63, 3.8) is 0 Å². The zero-order chi connectivity index (χ0) is 9.19. The fraction of sp³-hybridized carbons (Fsp3) is 0.556. The highest BCUT2D eigenvalue weighted by Gasteiger charge is 2.36. The molecule has 0 aromatic heterocycles. The van der Waals surface area contributed by atoms with E-state index < -0.39 is 5.97 Å². The van der Waals surface area contributed by atoms with Gasteiger partial charge in [0.05, 0.1) is 7.11 Å². The van der Waals surface area contributed by atoms with Gasteiger partial charge in [-0.15, -0.1) is 0 Å². The third kappa shape index (κ3) is 1.85. The number of nitriles is 1. The van der Waals surface area contributed by atoms with Gasteiger partial charge < -0.3 is 4.74 Å². The number of allylic oxidation sites excluding steroid dienone is 1. The average molecular weight is 165 g/mol. The van der Waals surface area contributed by atoms with Gasteiger partial charge in [-0.2, -0.15) is 5.26 Å². The third-order valence-corrected chi connectivity index (χ3v) is 2.06. The highest BCUT2D eigenvalue weighted by molar-refractivity contribution is 5.92. The molecule has 0 aliphatic heterocycles. The lowest BCUT2D eigenvalue weighted by Gasteiger charge is -2.00. The van der Waals surface area contributed by atoms with Crippen molar-refractivity contribution in [2.45, 2.75) is 19.8 Å². The first kappa shape index (κ1) is 8.79. The molecule has 3 nitrogen and oxygen atoms in total. The van der Waals surface area contributed by atoms with E-state index in [-0.39, 0.29) is 11.0 Å². The van der Waals surface area contributed by atoms with Crippen LogP contribution < -0.4 is 0 Å². The van der Waals surface area contributed by atoms with Crippen molar-refractivity contribution in [1.29, 1.82) is 5.26 Å². The van der Waals surface area contributed by atoms with Gasteiger partial charge in [0, 0.05) is 0 Å². The Morgan fingerprint density at radius 3 is 2.58 bits per heavy atom. The van der Waals surface area contributed by atoms with E-state index >= 15 is 0 Å². The van der Waals surface area contributed by atoms with Gasteiger partial charge in [0.2, 0.25) is 0 Å². The smallest absolute Gasteiger partial charge is 0.348 e. The minimum absolute atomic E-state index is 0.0687. The molecule has 12 heavy (non-hydrogen) atoms. The number of hydrogen-bond donors (Lipinski definition) is 0. The summed E-state index contributed by atoms with van der Waals surface area (Å²) >= 11 is 0. The SMILES string of the molecule is COC(=O)C(C#N)=CC1(C)CC1. The van der Waals surface area contributed by atoms with Crippen LogP contribution in [0.25, 0.3) is 0 Å². The zero-order valence-corrected chi connectivity index (χ0v) is 7.26. The van der Waals surface area contributed by atoms with Gasteiger partial charge in [-0.1, -0.05) is 13.0 Å². The van der Waals surface area contributed by atoms with Gasteiger partial charge in [-0.05, 0) is 18.3 Å². The molecule has 0 heterocycles. The number of ether oxygens (including phenoxy) is 1. The minimum Gasteiger partial charge on any atom is -0.465 e. The second-order valence-electron chi connectivity index (χ2n) is 3.32. The maximum Gasteiger partial charge on any atom is 0.348 e. The summed E-state index contributed by atoms with van der Waals surface area (Å²) in [5, 5.41) is 8.60. The first-order valence-electron chi connectivity index (χ1n) is 3.82. The quantitative estimate of drug-likeness (QED) is 0.353. The van der Waals surface area contributed by atoms with Crippen LogP contribution in [0, 0.1) is 16.7 Å². The monoisotopic (exact) mass is 165 g/mol. The minimum atomic E-state index is -0.536. The van der Waals surface area contributed by atoms with Gasteiger partial charge in [0.1, 0.15) is 11.6 Å². The summed E-state index contributed by atoms with van der Waals surface area (Å²) in [5.41, 5.74) is 0.191. The molecular formula is C9H11NO2. The Morgan fingerprint density at radius 2 is 2.25 bits per heavy atom. The number of hydrogen-bond acceptors (Lipinski definition) is 3. The predicted octanol–water partition coefficient (Wildman–Crippen LogP) is 1.41. The Hall–Kier alpha value is -1.30. The number of carbonyl (C=O) groups is 1. The lowest BCUT2D eigenvalue weighted by molar-refractivity contribution is -0.135. The van der Waals surface area contributed by atoms with Crippen LogP contribution in [0.3, 0.4) is 0 Å². The maximum atomic E-state index is 10.9. The molecule has 0 aromatic rings. The average Bonchev–Trinajstić information content (AvgIpc) is 2.79. The first-order valence-corrected chi connectivity index (χ1v) is 3.82. The largest absolute Gasteiger partial charge is 0.465 e. The Balaban J connectivity index is 2.75. The van der Waals surface area contributed by atoms with Crippen LogP contribution in [-0.4, -0.2) is 13.1 Å². The Morgan fingerprint density at radius 1 is 1.67 bits per heavy atom. The standard InChI is InChI=1S/C9H11NO2/c1-9(3-4-9)5-7(6-10)8(11)12-2/h5H,3-4H2,1-2H3. The lowest BCUT2D eigenvalue weighted by Crippen LogP contribution is -2.04. The summed E-state index contributed by atoms with van der Waals surface area (Å²) in [6.45, 7) is 2.02. The van der Waals surface area contributed by atoms with Gasteiger partial charge in [-0.3, -0.25) is 0 Å². The highest BCUT2D eigenvalue weighted by atomic mass is 16.5. The van der Waals surface area contributed by atoms with Crippen LogP contribution in [0.4, 0.5) is 0 Å². The summed E-state index contributed by atoms with van der Waals surface area (Å²) in [7, 11) is 1.28. The van der Waals surface area contributed by atoms with Crippen LogP contribution in [0.15, 0.2) is 11.6 Å². The number of carbonyl (C=O) groups excluding carboxylic acids is 1. The summed E-state index contributed by atoms with van der Waals surface area (Å²) in [5.74, 6) is -0.536. The van der Waals surface area contributed by atoms with Crippen LogP contribution in [0.1, 0.15) is 19.8 Å². The molecule has 0 amide bonds. The molecule has 0 unspecified atom stereocenters. The summed E-state index contributed by atoms with van der Waals surface area (Å²) in [6.07, 6.45) is 3.81. The predicted molar refractivity (Wildman–Crippen MR) is 43.1 cm³/mol. The molecule has 1 aliphatic carbocycles. The lowest BCUT2D eigenvalue weighted by atomic mass is 10.1. The van der Waals surface area contributed by atoms with E-state index in [2.05, 4.69) is 4.74 Å². The summed E-state index contributed by atoms with van der Waals surface area (Å²) < 4.78 is 4.45. The second kappa shape index (κ2) is 2.98. The summed E-state index contributed by atoms with van der Waals surface area (Å²) in [6, 6.07) is 1.84. The van der Waals surface area contributed by atoms with E-state index in [9.17, 15) is 4.79 Å². The fourth-order valence-corrected chi connectivity index (χ4v) is 0.937. The van der Waals surface area contributed by atoms with Gasteiger partial charge in [0.25, 0.3) is 0 Å². The van der Waals surface area contributed by atoms with E-state index in [0.717, 1.165) is 12.8 Å². The van der Waals surface area contributed by atoms with Crippen molar-refractivity contribution in [1.82, 2.24) is 0 Å². The molecule has 0 atom stereocenters. The fourth-order valence-electron chi connectivity index (χ4n) is 0.937. The molecule has 0 aromatic carbocycles. The second-order valence-corrected chi connectivity index (χ2v) is 3.32. The van der Waals surface area contributed by atoms with E-state index in [1.807, 2.05) is 13.0 Å². The molecule has 0 radical (unpaired) electrons. The molecular weight excluding hydrogens is 154 g/mol. The van der Waals surface area contributed by atoms with E-state index in [4.69, 9.17) is 5.26 Å². The number of rotatable bonds is 2. The zero-order valence-electron chi connectivity index (χ0n) is 7.26. The Kier molecular flexibility index (Phi) is 2.18. The normalized spacial score (nSPS) is 19.6. The molecule has 1 rings (SSSR count). The van der Waals surface area contributed by atoms with Crippen LogP contribution in [-0.2, 0) is 9.53 Å². The topological polar surface area (TPSA) is 50.1 Å². The Labute approximate surface area is 71.6 Å². The molecule has 1 aliphatic rings. The van der Waals surface area contributed by atoms with E-state index in [1.54, 1.807) is 6.08 Å². The van der Waals surface area contributed by atoms with Crippen LogP contribution in [0.2, 0.25) is 0 Å². The van der Waals surface area contributed by atoms with Crippen molar-refractivity contribution < 1.29 is 9.53 Å². The molecule has 1 saturated carbocycles. The van der Waals surface area contributed by atoms with Gasteiger partial charge in [0.15, 0.2) is 0 Å². The molecule has 0 N–H and O–H groups in total. The maximum absolute atomic E-state index is 10.9. The van der Waals surface area contributed by atoms with Crippen molar-refractivity contribution >= 4 is 5.97 Å². The van der Waals surface area contributed by atoms with Crippen molar-refractivity contribution in [2.75, 3.05) is 7.11 Å². The molecule has 0 bridgehead atoms. The van der Waals surface area contributed by atoms with E-state index in [0.29, 0.717) is 0 Å². The van der Waals surface area contributed by atoms with Crippen LogP contribution >= 0.6 is 0 Å². The number of nitrogens with zero attached hydrogens (tertiary/aromatic N) is 1. The molecule has 1 fully saturated rings. The van der Waals surface area contributed by atoms with Crippen molar-refractivity contribution in [2.24, 2.45) is 5.41 Å². The molecule has 64 valence electrons. The number of methoxy groups -OCH3 is 1.